The van der Waals surface area contributed by atoms with Crippen LogP contribution in [-0.4, -0.2) is 31.0 Å². The molecule has 0 saturated carbocycles. The summed E-state index contributed by atoms with van der Waals surface area (Å²) in [6.07, 6.45) is 3.37. The number of likely N-dealkylation sites (tertiary alicyclic amines) is 1. The summed E-state index contributed by atoms with van der Waals surface area (Å²) in [6.45, 7) is 1.67. The number of hydrogen-bond donors (Lipinski definition) is 1. The predicted octanol–water partition coefficient (Wildman–Crippen LogP) is 3.12. The van der Waals surface area contributed by atoms with Crippen molar-refractivity contribution in [2.24, 2.45) is 0 Å². The molecule has 5 heteroatoms. The molecule has 2 heterocycles. The van der Waals surface area contributed by atoms with E-state index in [4.69, 9.17) is 10.5 Å². The van der Waals surface area contributed by atoms with Gasteiger partial charge < -0.3 is 15.4 Å². The van der Waals surface area contributed by atoms with Crippen LogP contribution in [0.15, 0.2) is 18.2 Å². The molecule has 0 atom stereocenters. The van der Waals surface area contributed by atoms with Gasteiger partial charge in [-0.25, -0.2) is 0 Å². The molecule has 0 bridgehead atoms. The molecule has 1 aliphatic heterocycles. The SMILES string of the molecule is COc1cccc2sc(C(=O)N3CCCCC3)c(N)c12. The van der Waals surface area contributed by atoms with E-state index in [1.54, 1.807) is 7.11 Å². The number of methoxy groups -OCH3 is 1. The fourth-order valence-electron chi connectivity index (χ4n) is 2.71. The molecular weight excluding hydrogens is 272 g/mol. The van der Waals surface area contributed by atoms with E-state index in [2.05, 4.69) is 0 Å². The standard InChI is InChI=1S/C15H18N2O2S/c1-19-10-6-5-7-11-12(10)13(16)14(20-11)15(18)17-8-3-2-4-9-17/h5-7H,2-4,8-9,16H2,1H3. The number of thiophene rings is 1. The van der Waals surface area contributed by atoms with Crippen LogP contribution in [-0.2, 0) is 0 Å². The highest BCUT2D eigenvalue weighted by atomic mass is 32.1. The Hall–Kier alpha value is -1.75. The number of hydrogen-bond acceptors (Lipinski definition) is 4. The number of ether oxygens (including phenoxy) is 1. The van der Waals surface area contributed by atoms with E-state index in [1.165, 1.54) is 17.8 Å². The van der Waals surface area contributed by atoms with Crippen LogP contribution in [0, 0.1) is 0 Å². The number of benzene rings is 1. The number of piperidine rings is 1. The van der Waals surface area contributed by atoms with Gasteiger partial charge in [-0.05, 0) is 31.4 Å². The summed E-state index contributed by atoms with van der Waals surface area (Å²) in [5.41, 5.74) is 6.76. The number of carbonyl (C=O) groups is 1. The van der Waals surface area contributed by atoms with Crippen LogP contribution in [0.4, 0.5) is 5.69 Å². The molecule has 1 fully saturated rings. The molecular formula is C15H18N2O2S. The maximum atomic E-state index is 12.6. The quantitative estimate of drug-likeness (QED) is 0.924. The highest BCUT2D eigenvalue weighted by Gasteiger charge is 2.24. The minimum atomic E-state index is 0.0606. The lowest BCUT2D eigenvalue weighted by Crippen LogP contribution is -2.35. The lowest BCUT2D eigenvalue weighted by Gasteiger charge is -2.26. The summed E-state index contributed by atoms with van der Waals surface area (Å²) < 4.78 is 6.35. The Bertz CT molecular complexity index is 645. The van der Waals surface area contributed by atoms with Gasteiger partial charge in [0, 0.05) is 17.8 Å². The van der Waals surface area contributed by atoms with E-state index in [0.717, 1.165) is 41.8 Å². The lowest BCUT2D eigenvalue weighted by atomic mass is 10.1. The first kappa shape index (κ1) is 13.2. The minimum absolute atomic E-state index is 0.0606. The van der Waals surface area contributed by atoms with Crippen LogP contribution in [0.25, 0.3) is 10.1 Å². The van der Waals surface area contributed by atoms with Crippen molar-refractivity contribution in [3.8, 4) is 5.75 Å². The zero-order valence-corrected chi connectivity index (χ0v) is 12.3. The minimum Gasteiger partial charge on any atom is -0.496 e. The number of fused-ring (bicyclic) bond motifs is 1. The maximum absolute atomic E-state index is 12.6. The van der Waals surface area contributed by atoms with Crippen molar-refractivity contribution in [3.05, 3.63) is 23.1 Å². The monoisotopic (exact) mass is 290 g/mol. The Balaban J connectivity index is 2.03. The third-order valence-electron chi connectivity index (χ3n) is 3.77. The number of amides is 1. The Labute approximate surface area is 122 Å². The molecule has 1 aromatic heterocycles. The van der Waals surface area contributed by atoms with Gasteiger partial charge in [-0.3, -0.25) is 4.79 Å². The van der Waals surface area contributed by atoms with E-state index < -0.39 is 0 Å². The zero-order valence-electron chi connectivity index (χ0n) is 11.5. The van der Waals surface area contributed by atoms with E-state index in [9.17, 15) is 4.79 Å². The van der Waals surface area contributed by atoms with Crippen LogP contribution < -0.4 is 10.5 Å². The smallest absolute Gasteiger partial charge is 0.266 e. The van der Waals surface area contributed by atoms with Crippen molar-refractivity contribution in [1.29, 1.82) is 0 Å². The molecule has 0 unspecified atom stereocenters. The largest absolute Gasteiger partial charge is 0.496 e. The van der Waals surface area contributed by atoms with Crippen LogP contribution in [0.3, 0.4) is 0 Å². The maximum Gasteiger partial charge on any atom is 0.266 e. The van der Waals surface area contributed by atoms with Crippen LogP contribution in [0.5, 0.6) is 5.75 Å². The molecule has 3 rings (SSSR count). The van der Waals surface area contributed by atoms with Gasteiger partial charge in [-0.2, -0.15) is 0 Å². The van der Waals surface area contributed by atoms with Crippen LogP contribution >= 0.6 is 11.3 Å². The lowest BCUT2D eigenvalue weighted by molar-refractivity contribution is 0.0730. The molecule has 106 valence electrons. The normalized spacial score (nSPS) is 15.6. The molecule has 2 N–H and O–H groups in total. The summed E-state index contributed by atoms with van der Waals surface area (Å²) in [7, 11) is 1.62. The summed E-state index contributed by atoms with van der Waals surface area (Å²) in [5.74, 6) is 0.791. The molecule has 4 nitrogen and oxygen atoms in total. The second-order valence-electron chi connectivity index (χ2n) is 5.03. The van der Waals surface area contributed by atoms with Gasteiger partial charge >= 0.3 is 0 Å². The number of anilines is 1. The highest BCUT2D eigenvalue weighted by Crippen LogP contribution is 2.40. The van der Waals surface area contributed by atoms with Crippen LogP contribution in [0.1, 0.15) is 28.9 Å². The van der Waals surface area contributed by atoms with E-state index in [0.29, 0.717) is 10.6 Å². The van der Waals surface area contributed by atoms with Crippen molar-refractivity contribution in [2.45, 2.75) is 19.3 Å². The van der Waals surface area contributed by atoms with Gasteiger partial charge in [0.2, 0.25) is 0 Å². The molecule has 1 aliphatic rings. The van der Waals surface area contributed by atoms with Gasteiger partial charge in [0.05, 0.1) is 18.2 Å². The van der Waals surface area contributed by atoms with Crippen molar-refractivity contribution in [3.63, 3.8) is 0 Å². The first-order valence-corrected chi connectivity index (χ1v) is 7.68. The van der Waals surface area contributed by atoms with Crippen LogP contribution in [0.2, 0.25) is 0 Å². The molecule has 20 heavy (non-hydrogen) atoms. The number of rotatable bonds is 2. The average Bonchev–Trinajstić information content (AvgIpc) is 2.85. The van der Waals surface area contributed by atoms with E-state index in [1.807, 2.05) is 23.1 Å². The average molecular weight is 290 g/mol. The Morgan fingerprint density at radius 1 is 1.30 bits per heavy atom. The van der Waals surface area contributed by atoms with Crippen molar-refractivity contribution < 1.29 is 9.53 Å². The zero-order chi connectivity index (χ0) is 14.1. The topological polar surface area (TPSA) is 55.6 Å². The van der Waals surface area contributed by atoms with E-state index in [-0.39, 0.29) is 5.91 Å². The Morgan fingerprint density at radius 3 is 2.75 bits per heavy atom. The molecule has 0 spiro atoms. The van der Waals surface area contributed by atoms with E-state index >= 15 is 0 Å². The number of nitrogens with zero attached hydrogens (tertiary/aromatic N) is 1. The summed E-state index contributed by atoms with van der Waals surface area (Å²) >= 11 is 1.46. The number of nitrogens with two attached hydrogens (primary N) is 1. The second-order valence-corrected chi connectivity index (χ2v) is 6.08. The Kier molecular flexibility index (Phi) is 3.53. The third-order valence-corrected chi connectivity index (χ3v) is 4.93. The molecule has 0 radical (unpaired) electrons. The number of nitrogen functional groups attached to an aromatic ring is 1. The van der Waals surface area contributed by atoms with Gasteiger partial charge in [-0.15, -0.1) is 11.3 Å². The fraction of sp³-hybridized carbons (Fsp3) is 0.400. The Morgan fingerprint density at radius 2 is 2.05 bits per heavy atom. The first-order valence-electron chi connectivity index (χ1n) is 6.86. The molecule has 2 aromatic rings. The summed E-state index contributed by atoms with van der Waals surface area (Å²) in [4.78, 5) is 15.2. The van der Waals surface area contributed by atoms with Crippen molar-refractivity contribution >= 4 is 33.0 Å². The van der Waals surface area contributed by atoms with Gasteiger partial charge in [0.1, 0.15) is 10.6 Å². The third kappa shape index (κ3) is 2.12. The number of carbonyl (C=O) groups excluding carboxylic acids is 1. The molecule has 0 aliphatic carbocycles. The summed E-state index contributed by atoms with van der Waals surface area (Å²) in [6, 6.07) is 5.78. The summed E-state index contributed by atoms with van der Waals surface area (Å²) in [5, 5.41) is 0.861. The van der Waals surface area contributed by atoms with Gasteiger partial charge in [0.15, 0.2) is 0 Å². The molecule has 1 amide bonds. The molecule has 1 saturated heterocycles. The fourth-order valence-corrected chi connectivity index (χ4v) is 3.82. The highest BCUT2D eigenvalue weighted by molar-refractivity contribution is 7.21. The predicted molar refractivity (Wildman–Crippen MR) is 82.5 cm³/mol. The molecule has 1 aromatic carbocycles. The first-order chi connectivity index (χ1) is 9.72. The van der Waals surface area contributed by atoms with Crippen molar-refractivity contribution in [1.82, 2.24) is 4.90 Å². The second kappa shape index (κ2) is 5.32. The van der Waals surface area contributed by atoms with Gasteiger partial charge in [-0.1, -0.05) is 6.07 Å². The van der Waals surface area contributed by atoms with Crippen molar-refractivity contribution in [2.75, 3.05) is 25.9 Å². The van der Waals surface area contributed by atoms with Gasteiger partial charge in [0.25, 0.3) is 5.91 Å².